The first-order valence-electron chi connectivity index (χ1n) is 10.9. The minimum Gasteiger partial charge on any atom is -0.497 e. The van der Waals surface area contributed by atoms with Crippen LogP contribution < -0.4 is 19.3 Å². The molecule has 0 atom stereocenters. The number of benzene rings is 2. The summed E-state index contributed by atoms with van der Waals surface area (Å²) in [6, 6.07) is 14.4. The van der Waals surface area contributed by atoms with Crippen molar-refractivity contribution in [1.82, 2.24) is 15.0 Å². The standard InChI is InChI=1S/C25H27N5O3/c1-31-22-13-20(14-23(15-22)32-2)30(17-25-26-5-6-27-25)19-3-4-24-18(11-19)12-21(16-28-24)29-7-9-33-10-8-29/h3-6,11-16H,7-10,17H2,1-2H3,(H,26,27). The molecule has 8 heteroatoms. The average molecular weight is 446 g/mol. The summed E-state index contributed by atoms with van der Waals surface area (Å²) in [5.74, 6) is 2.31. The smallest absolute Gasteiger partial charge is 0.126 e. The van der Waals surface area contributed by atoms with E-state index in [-0.39, 0.29) is 0 Å². The van der Waals surface area contributed by atoms with Crippen molar-refractivity contribution in [2.24, 2.45) is 0 Å². The fourth-order valence-electron chi connectivity index (χ4n) is 4.08. The number of imidazole rings is 1. The molecule has 0 amide bonds. The number of aromatic nitrogens is 3. The molecule has 2 aromatic heterocycles. The Morgan fingerprint density at radius 2 is 1.76 bits per heavy atom. The lowest BCUT2D eigenvalue weighted by Crippen LogP contribution is -2.36. The van der Waals surface area contributed by atoms with Gasteiger partial charge in [0.05, 0.1) is 51.4 Å². The molecule has 0 radical (unpaired) electrons. The quantitative estimate of drug-likeness (QED) is 0.458. The summed E-state index contributed by atoms with van der Waals surface area (Å²) in [5.41, 5.74) is 4.04. The zero-order valence-corrected chi connectivity index (χ0v) is 18.8. The van der Waals surface area contributed by atoms with Crippen LogP contribution in [0, 0.1) is 0 Å². The van der Waals surface area contributed by atoms with E-state index in [1.54, 1.807) is 20.4 Å². The molecule has 1 aliphatic heterocycles. The average Bonchev–Trinajstić information content (AvgIpc) is 3.40. The number of nitrogens with one attached hydrogen (secondary N) is 1. The lowest BCUT2D eigenvalue weighted by atomic mass is 10.1. The van der Waals surface area contributed by atoms with Gasteiger partial charge in [-0.25, -0.2) is 4.98 Å². The summed E-state index contributed by atoms with van der Waals surface area (Å²) in [7, 11) is 3.31. The minimum absolute atomic E-state index is 0.561. The van der Waals surface area contributed by atoms with Crippen LogP contribution in [-0.4, -0.2) is 55.5 Å². The van der Waals surface area contributed by atoms with Crippen molar-refractivity contribution in [3.05, 3.63) is 66.9 Å². The van der Waals surface area contributed by atoms with Crippen LogP contribution in [0.5, 0.6) is 11.5 Å². The Morgan fingerprint density at radius 1 is 0.970 bits per heavy atom. The van der Waals surface area contributed by atoms with E-state index in [2.05, 4.69) is 44.0 Å². The maximum atomic E-state index is 5.52. The summed E-state index contributed by atoms with van der Waals surface area (Å²) in [4.78, 5) is 16.8. The third-order valence-corrected chi connectivity index (χ3v) is 5.85. The Bertz CT molecular complexity index is 1200. The van der Waals surface area contributed by atoms with E-state index in [1.165, 1.54) is 0 Å². The molecule has 1 fully saturated rings. The van der Waals surface area contributed by atoms with E-state index in [4.69, 9.17) is 19.2 Å². The van der Waals surface area contributed by atoms with Crippen molar-refractivity contribution in [2.45, 2.75) is 6.54 Å². The van der Waals surface area contributed by atoms with Crippen molar-refractivity contribution < 1.29 is 14.2 Å². The van der Waals surface area contributed by atoms with Crippen LogP contribution in [0.2, 0.25) is 0 Å². The van der Waals surface area contributed by atoms with Gasteiger partial charge < -0.3 is 29.0 Å². The van der Waals surface area contributed by atoms with Crippen LogP contribution in [-0.2, 0) is 11.3 Å². The molecule has 0 saturated carbocycles. The summed E-state index contributed by atoms with van der Waals surface area (Å²) in [6.45, 7) is 3.80. The Kier molecular flexibility index (Phi) is 5.99. The number of pyridine rings is 1. The topological polar surface area (TPSA) is 75.7 Å². The van der Waals surface area contributed by atoms with Gasteiger partial charge >= 0.3 is 0 Å². The van der Waals surface area contributed by atoms with Gasteiger partial charge in [-0.05, 0) is 24.3 Å². The zero-order valence-electron chi connectivity index (χ0n) is 18.8. The van der Waals surface area contributed by atoms with Crippen LogP contribution in [0.1, 0.15) is 5.82 Å². The number of hydrogen-bond donors (Lipinski definition) is 1. The molecular formula is C25H27N5O3. The molecule has 1 saturated heterocycles. The highest BCUT2D eigenvalue weighted by Crippen LogP contribution is 2.35. The first-order valence-corrected chi connectivity index (χ1v) is 10.9. The highest BCUT2D eigenvalue weighted by atomic mass is 16.5. The fraction of sp³-hybridized carbons (Fsp3) is 0.280. The molecule has 33 heavy (non-hydrogen) atoms. The monoisotopic (exact) mass is 445 g/mol. The Hall–Kier alpha value is -3.78. The highest BCUT2D eigenvalue weighted by molar-refractivity contribution is 5.86. The van der Waals surface area contributed by atoms with Crippen LogP contribution in [0.15, 0.2) is 61.1 Å². The van der Waals surface area contributed by atoms with Crippen molar-refractivity contribution in [2.75, 3.05) is 50.3 Å². The first-order chi connectivity index (χ1) is 16.2. The number of methoxy groups -OCH3 is 2. The number of fused-ring (bicyclic) bond motifs is 1. The third kappa shape index (κ3) is 4.56. The second kappa shape index (κ2) is 9.38. The maximum Gasteiger partial charge on any atom is 0.126 e. The molecule has 0 aliphatic carbocycles. The number of ether oxygens (including phenoxy) is 3. The molecule has 5 rings (SSSR count). The van der Waals surface area contributed by atoms with Gasteiger partial charge in [0.15, 0.2) is 0 Å². The molecular weight excluding hydrogens is 418 g/mol. The van der Waals surface area contributed by atoms with Crippen LogP contribution >= 0.6 is 0 Å². The van der Waals surface area contributed by atoms with E-state index in [9.17, 15) is 0 Å². The zero-order chi connectivity index (χ0) is 22.6. The number of rotatable bonds is 7. The number of hydrogen-bond acceptors (Lipinski definition) is 7. The van der Waals surface area contributed by atoms with Crippen molar-refractivity contribution in [3.63, 3.8) is 0 Å². The molecule has 0 spiro atoms. The molecule has 1 aliphatic rings. The van der Waals surface area contributed by atoms with Crippen LogP contribution in [0.3, 0.4) is 0 Å². The van der Waals surface area contributed by atoms with Gasteiger partial charge in [-0.3, -0.25) is 4.98 Å². The van der Waals surface area contributed by atoms with Crippen molar-refractivity contribution >= 4 is 28.0 Å². The van der Waals surface area contributed by atoms with Gasteiger partial charge in [-0.1, -0.05) is 0 Å². The van der Waals surface area contributed by atoms with Crippen LogP contribution in [0.4, 0.5) is 17.1 Å². The molecule has 2 aromatic carbocycles. The third-order valence-electron chi connectivity index (χ3n) is 5.85. The number of aromatic amines is 1. The lowest BCUT2D eigenvalue weighted by molar-refractivity contribution is 0.122. The second-order valence-electron chi connectivity index (χ2n) is 7.86. The van der Waals surface area contributed by atoms with E-state index in [0.29, 0.717) is 6.54 Å². The molecule has 4 aromatic rings. The van der Waals surface area contributed by atoms with Gasteiger partial charge in [-0.15, -0.1) is 0 Å². The molecule has 3 heterocycles. The number of nitrogens with zero attached hydrogens (tertiary/aromatic N) is 4. The second-order valence-corrected chi connectivity index (χ2v) is 7.86. The van der Waals surface area contributed by atoms with E-state index >= 15 is 0 Å². The maximum absolute atomic E-state index is 5.52. The summed E-state index contributed by atoms with van der Waals surface area (Å²) in [6.07, 6.45) is 5.54. The largest absolute Gasteiger partial charge is 0.497 e. The molecule has 8 nitrogen and oxygen atoms in total. The first kappa shape index (κ1) is 21.1. The van der Waals surface area contributed by atoms with Gasteiger partial charge in [-0.2, -0.15) is 0 Å². The number of morpholine rings is 1. The predicted molar refractivity (Wildman–Crippen MR) is 129 cm³/mol. The SMILES string of the molecule is COc1cc(OC)cc(N(Cc2ncc[nH]2)c2ccc3ncc(N4CCOCC4)cc3c2)c1. The summed E-state index contributed by atoms with van der Waals surface area (Å²) < 4.78 is 16.5. The predicted octanol–water partition coefficient (Wildman–Crippen LogP) is 4.15. The normalized spacial score (nSPS) is 13.8. The minimum atomic E-state index is 0.561. The summed E-state index contributed by atoms with van der Waals surface area (Å²) >= 11 is 0. The van der Waals surface area contributed by atoms with E-state index < -0.39 is 0 Å². The number of H-pyrrole nitrogens is 1. The van der Waals surface area contributed by atoms with E-state index in [1.807, 2.05) is 30.6 Å². The van der Waals surface area contributed by atoms with Gasteiger partial charge in [0.25, 0.3) is 0 Å². The molecule has 0 unspecified atom stereocenters. The van der Waals surface area contributed by atoms with Gasteiger partial charge in [0, 0.05) is 60.4 Å². The van der Waals surface area contributed by atoms with Crippen molar-refractivity contribution in [3.8, 4) is 11.5 Å². The molecule has 1 N–H and O–H groups in total. The van der Waals surface area contributed by atoms with E-state index in [0.717, 1.165) is 71.6 Å². The summed E-state index contributed by atoms with van der Waals surface area (Å²) in [5, 5.41) is 1.08. The molecule has 170 valence electrons. The number of anilines is 3. The highest BCUT2D eigenvalue weighted by Gasteiger charge is 2.16. The molecule has 0 bridgehead atoms. The van der Waals surface area contributed by atoms with Gasteiger partial charge in [0.2, 0.25) is 0 Å². The fourth-order valence-corrected chi connectivity index (χ4v) is 4.08. The Labute approximate surface area is 192 Å². The Morgan fingerprint density at radius 3 is 2.45 bits per heavy atom. The van der Waals surface area contributed by atoms with Gasteiger partial charge in [0.1, 0.15) is 17.3 Å². The lowest BCUT2D eigenvalue weighted by Gasteiger charge is -2.29. The van der Waals surface area contributed by atoms with Crippen LogP contribution in [0.25, 0.3) is 10.9 Å². The Balaban J connectivity index is 1.57. The van der Waals surface area contributed by atoms with Crippen molar-refractivity contribution in [1.29, 1.82) is 0 Å².